The van der Waals surface area contributed by atoms with Crippen molar-refractivity contribution in [3.63, 3.8) is 0 Å². The normalized spacial score (nSPS) is 22.9. The molecule has 3 aliphatic rings. The van der Waals surface area contributed by atoms with Gasteiger partial charge in [0.15, 0.2) is 0 Å². The molecule has 3 aliphatic heterocycles. The predicted octanol–water partition coefficient (Wildman–Crippen LogP) is 0.875. The van der Waals surface area contributed by atoms with Crippen molar-refractivity contribution in [3.05, 3.63) is 0 Å². The van der Waals surface area contributed by atoms with E-state index in [4.69, 9.17) is 0 Å². The molecule has 6 nitrogen and oxygen atoms in total. The first-order valence-corrected chi connectivity index (χ1v) is 9.68. The monoisotopic (exact) mass is 338 g/mol. The average molecular weight is 338 g/mol. The number of carbonyl (C=O) groups is 2. The maximum absolute atomic E-state index is 12.3. The molecule has 0 saturated carbocycles. The summed E-state index contributed by atoms with van der Waals surface area (Å²) in [5, 5.41) is 0. The van der Waals surface area contributed by atoms with Crippen molar-refractivity contribution in [1.29, 1.82) is 0 Å². The molecule has 0 aromatic carbocycles. The Kier molecular flexibility index (Phi) is 7.99. The van der Waals surface area contributed by atoms with Crippen LogP contribution >= 0.6 is 0 Å². The first-order valence-electron chi connectivity index (χ1n) is 9.68. The van der Waals surface area contributed by atoms with Crippen molar-refractivity contribution < 1.29 is 9.59 Å². The SMILES string of the molecule is CCCN1CCCN2CCN(CCCN(CCC)CC1)C(=O)C2=O. The molecular weight excluding hydrogens is 304 g/mol. The molecule has 0 spiro atoms. The lowest BCUT2D eigenvalue weighted by Crippen LogP contribution is -2.55. The second-order valence-electron chi connectivity index (χ2n) is 6.97. The van der Waals surface area contributed by atoms with Crippen LogP contribution < -0.4 is 0 Å². The summed E-state index contributed by atoms with van der Waals surface area (Å²) in [7, 11) is 0. The van der Waals surface area contributed by atoms with Crippen molar-refractivity contribution in [1.82, 2.24) is 19.6 Å². The summed E-state index contributed by atoms with van der Waals surface area (Å²) in [4.78, 5) is 33.0. The van der Waals surface area contributed by atoms with E-state index in [0.717, 1.165) is 65.0 Å². The molecule has 0 unspecified atom stereocenters. The van der Waals surface area contributed by atoms with E-state index in [-0.39, 0.29) is 11.8 Å². The van der Waals surface area contributed by atoms with Crippen LogP contribution in [0.1, 0.15) is 39.5 Å². The van der Waals surface area contributed by atoms with Crippen LogP contribution in [0, 0.1) is 0 Å². The first kappa shape index (κ1) is 19.2. The highest BCUT2D eigenvalue weighted by atomic mass is 16.2. The number of piperazine rings is 1. The van der Waals surface area contributed by atoms with E-state index in [1.165, 1.54) is 0 Å². The lowest BCUT2D eigenvalue weighted by atomic mass is 10.2. The highest BCUT2D eigenvalue weighted by molar-refractivity contribution is 6.35. The Labute approximate surface area is 146 Å². The molecule has 0 aliphatic carbocycles. The Hall–Kier alpha value is -1.14. The van der Waals surface area contributed by atoms with Gasteiger partial charge in [-0.2, -0.15) is 0 Å². The summed E-state index contributed by atoms with van der Waals surface area (Å²) in [5.41, 5.74) is 0. The summed E-state index contributed by atoms with van der Waals surface area (Å²) in [6.07, 6.45) is 4.22. The number of fused-ring (bicyclic) bond motifs is 11. The Morgan fingerprint density at radius 3 is 1.42 bits per heavy atom. The van der Waals surface area contributed by atoms with Crippen LogP contribution in [0.4, 0.5) is 0 Å². The highest BCUT2D eigenvalue weighted by Crippen LogP contribution is 2.09. The smallest absolute Gasteiger partial charge is 0.312 e. The Morgan fingerprint density at radius 1 is 0.625 bits per heavy atom. The van der Waals surface area contributed by atoms with Gasteiger partial charge in [-0.1, -0.05) is 13.8 Å². The Bertz CT molecular complexity index is 378. The lowest BCUT2D eigenvalue weighted by molar-refractivity contribution is -0.156. The third kappa shape index (κ3) is 5.45. The molecule has 0 aromatic rings. The number of hydrogen-bond acceptors (Lipinski definition) is 4. The van der Waals surface area contributed by atoms with E-state index in [0.29, 0.717) is 26.2 Å². The van der Waals surface area contributed by atoms with Crippen LogP contribution in [0.15, 0.2) is 0 Å². The fourth-order valence-electron chi connectivity index (χ4n) is 3.70. The van der Waals surface area contributed by atoms with Gasteiger partial charge in [-0.15, -0.1) is 0 Å². The van der Waals surface area contributed by atoms with Crippen LogP contribution in [-0.2, 0) is 9.59 Å². The average Bonchev–Trinajstić information content (AvgIpc) is 2.57. The molecule has 0 radical (unpaired) electrons. The Balaban J connectivity index is 2.01. The van der Waals surface area contributed by atoms with Crippen LogP contribution in [0.2, 0.25) is 0 Å². The molecule has 6 heteroatoms. The summed E-state index contributed by atoms with van der Waals surface area (Å²) >= 11 is 0. The zero-order valence-electron chi connectivity index (χ0n) is 15.5. The molecule has 138 valence electrons. The van der Waals surface area contributed by atoms with Crippen LogP contribution in [0.25, 0.3) is 0 Å². The summed E-state index contributed by atoms with van der Waals surface area (Å²) in [6, 6.07) is 0. The van der Waals surface area contributed by atoms with Gasteiger partial charge in [0.25, 0.3) is 0 Å². The summed E-state index contributed by atoms with van der Waals surface area (Å²) in [5.74, 6) is -0.600. The van der Waals surface area contributed by atoms with Gasteiger partial charge in [0.05, 0.1) is 0 Å². The number of nitrogens with zero attached hydrogens (tertiary/aromatic N) is 4. The highest BCUT2D eigenvalue weighted by Gasteiger charge is 2.31. The van der Waals surface area contributed by atoms with Crippen molar-refractivity contribution in [2.45, 2.75) is 39.5 Å². The van der Waals surface area contributed by atoms with Gasteiger partial charge in [0.1, 0.15) is 0 Å². The van der Waals surface area contributed by atoms with Gasteiger partial charge < -0.3 is 19.6 Å². The van der Waals surface area contributed by atoms with Crippen LogP contribution in [0.3, 0.4) is 0 Å². The molecular formula is C18H34N4O2. The van der Waals surface area contributed by atoms with E-state index >= 15 is 0 Å². The van der Waals surface area contributed by atoms with Crippen molar-refractivity contribution in [2.75, 3.05) is 65.4 Å². The summed E-state index contributed by atoms with van der Waals surface area (Å²) < 4.78 is 0. The van der Waals surface area contributed by atoms with Gasteiger partial charge >= 0.3 is 11.8 Å². The first-order chi connectivity index (χ1) is 11.7. The third-order valence-corrected chi connectivity index (χ3v) is 5.01. The number of amides is 2. The van der Waals surface area contributed by atoms with Crippen molar-refractivity contribution in [2.24, 2.45) is 0 Å². The van der Waals surface area contributed by atoms with Crippen molar-refractivity contribution in [3.8, 4) is 0 Å². The van der Waals surface area contributed by atoms with Gasteiger partial charge in [0.2, 0.25) is 0 Å². The zero-order chi connectivity index (χ0) is 17.4. The van der Waals surface area contributed by atoms with Gasteiger partial charge in [-0.05, 0) is 51.9 Å². The minimum atomic E-state index is -0.300. The molecule has 0 aromatic heterocycles. The van der Waals surface area contributed by atoms with Gasteiger partial charge in [0, 0.05) is 39.3 Å². The van der Waals surface area contributed by atoms with E-state index in [2.05, 4.69) is 23.6 Å². The topological polar surface area (TPSA) is 47.1 Å². The molecule has 24 heavy (non-hydrogen) atoms. The maximum atomic E-state index is 12.3. The molecule has 3 fully saturated rings. The van der Waals surface area contributed by atoms with E-state index < -0.39 is 0 Å². The molecule has 2 bridgehead atoms. The number of hydrogen-bond donors (Lipinski definition) is 0. The van der Waals surface area contributed by atoms with Crippen molar-refractivity contribution >= 4 is 11.8 Å². The van der Waals surface area contributed by atoms with E-state index in [1.54, 1.807) is 9.80 Å². The fourth-order valence-corrected chi connectivity index (χ4v) is 3.70. The second kappa shape index (κ2) is 9.99. The summed E-state index contributed by atoms with van der Waals surface area (Å²) in [6.45, 7) is 13.7. The largest absolute Gasteiger partial charge is 0.333 e. The molecule has 0 N–H and O–H groups in total. The number of carbonyl (C=O) groups excluding carboxylic acids is 2. The zero-order valence-corrected chi connectivity index (χ0v) is 15.5. The molecule has 3 saturated heterocycles. The lowest BCUT2D eigenvalue weighted by Gasteiger charge is -2.35. The van der Waals surface area contributed by atoms with E-state index in [1.807, 2.05) is 0 Å². The van der Waals surface area contributed by atoms with E-state index in [9.17, 15) is 9.59 Å². The minimum absolute atomic E-state index is 0.300. The molecule has 2 amide bonds. The fraction of sp³-hybridized carbons (Fsp3) is 0.889. The van der Waals surface area contributed by atoms with Crippen LogP contribution in [0.5, 0.6) is 0 Å². The van der Waals surface area contributed by atoms with Gasteiger partial charge in [-0.25, -0.2) is 0 Å². The Morgan fingerprint density at radius 2 is 1.04 bits per heavy atom. The molecule has 3 rings (SSSR count). The van der Waals surface area contributed by atoms with Gasteiger partial charge in [-0.3, -0.25) is 9.59 Å². The standard InChI is InChI=1S/C18H34N4O2/c1-3-7-19-9-5-11-21-15-16-22(18(24)17(21)23)12-6-10-20(8-4-2)14-13-19/h3-16H2,1-2H3. The maximum Gasteiger partial charge on any atom is 0.312 e. The number of rotatable bonds is 4. The molecule has 0 atom stereocenters. The minimum Gasteiger partial charge on any atom is -0.333 e. The quantitative estimate of drug-likeness (QED) is 0.714. The predicted molar refractivity (Wildman–Crippen MR) is 95.9 cm³/mol. The second-order valence-corrected chi connectivity index (χ2v) is 6.97. The molecule has 3 heterocycles. The van der Waals surface area contributed by atoms with Crippen LogP contribution in [-0.4, -0.2) is 96.9 Å². The third-order valence-electron chi connectivity index (χ3n) is 5.01.